The zero-order valence-electron chi connectivity index (χ0n) is 15.8. The Morgan fingerprint density at radius 2 is 1.41 bits per heavy atom. The first-order chi connectivity index (χ1) is 13.9. The molecule has 0 N–H and O–H groups in total. The third-order valence-electron chi connectivity index (χ3n) is 4.55. The van der Waals surface area contributed by atoms with Gasteiger partial charge in [-0.15, -0.1) is 0 Å². The number of benzene rings is 3. The summed E-state index contributed by atoms with van der Waals surface area (Å²) in [5.74, 6) is 1.42. The Kier molecular flexibility index (Phi) is 4.76. The van der Waals surface area contributed by atoms with Crippen LogP contribution < -0.4 is 9.47 Å². The van der Waals surface area contributed by atoms with Gasteiger partial charge in [-0.2, -0.15) is 0 Å². The number of hydrogen-bond acceptors (Lipinski definition) is 4. The lowest BCUT2D eigenvalue weighted by Crippen LogP contribution is -2.14. The molecule has 4 aromatic rings. The number of hydrogen-bond donors (Lipinski definition) is 0. The number of aryl methyl sites for hydroxylation is 1. The van der Waals surface area contributed by atoms with Crippen LogP contribution in [0.1, 0.15) is 5.69 Å². The summed E-state index contributed by atoms with van der Waals surface area (Å²) < 4.78 is 51.9. The Labute approximate surface area is 168 Å². The standard InChI is InChI=1S/C22H18FNO4S/c1-15-13-16-14-17(23)3-12-22(16)24(15)29(25,26)21-10-8-20(9-11-21)28-19-6-4-18(27-2)5-7-19/h3-14H,1-2H3. The smallest absolute Gasteiger partial charge is 0.268 e. The van der Waals surface area contributed by atoms with Crippen LogP contribution in [0.5, 0.6) is 17.2 Å². The molecule has 0 fully saturated rings. The van der Waals surface area contributed by atoms with Gasteiger partial charge in [0, 0.05) is 11.1 Å². The van der Waals surface area contributed by atoms with Crippen LogP contribution in [-0.4, -0.2) is 19.5 Å². The fraction of sp³-hybridized carbons (Fsp3) is 0.0909. The van der Waals surface area contributed by atoms with Crippen LogP contribution in [0.25, 0.3) is 10.9 Å². The van der Waals surface area contributed by atoms with Crippen molar-refractivity contribution in [2.24, 2.45) is 0 Å². The Balaban J connectivity index is 1.65. The van der Waals surface area contributed by atoms with Gasteiger partial charge in [-0.3, -0.25) is 0 Å². The number of methoxy groups -OCH3 is 1. The number of aromatic nitrogens is 1. The maximum absolute atomic E-state index is 13.5. The van der Waals surface area contributed by atoms with Crippen LogP contribution in [0.3, 0.4) is 0 Å². The molecular weight excluding hydrogens is 393 g/mol. The quantitative estimate of drug-likeness (QED) is 0.457. The Bertz CT molecular complexity index is 1280. The fourth-order valence-corrected chi connectivity index (χ4v) is 4.73. The number of ether oxygens (including phenoxy) is 2. The lowest BCUT2D eigenvalue weighted by molar-refractivity contribution is 0.413. The molecule has 7 heteroatoms. The van der Waals surface area contributed by atoms with Crippen LogP contribution >= 0.6 is 0 Å². The lowest BCUT2D eigenvalue weighted by atomic mass is 10.2. The molecule has 0 bridgehead atoms. The topological polar surface area (TPSA) is 57.5 Å². The van der Waals surface area contributed by atoms with Crippen LogP contribution in [-0.2, 0) is 10.0 Å². The molecule has 0 unspecified atom stereocenters. The van der Waals surface area contributed by atoms with Gasteiger partial charge >= 0.3 is 0 Å². The van der Waals surface area contributed by atoms with E-state index < -0.39 is 15.8 Å². The molecule has 0 aliphatic carbocycles. The SMILES string of the molecule is COc1ccc(Oc2ccc(S(=O)(=O)n3c(C)cc4cc(F)ccc43)cc2)cc1. The summed E-state index contributed by atoms with van der Waals surface area (Å²) in [6.45, 7) is 1.68. The number of halogens is 1. The summed E-state index contributed by atoms with van der Waals surface area (Å²) in [5.41, 5.74) is 0.937. The largest absolute Gasteiger partial charge is 0.497 e. The minimum atomic E-state index is -3.84. The van der Waals surface area contributed by atoms with E-state index in [1.807, 2.05) is 0 Å². The Hall–Kier alpha value is -3.32. The number of fused-ring (bicyclic) bond motifs is 1. The molecule has 3 aromatic carbocycles. The predicted molar refractivity (Wildman–Crippen MR) is 109 cm³/mol. The van der Waals surface area contributed by atoms with Crippen molar-refractivity contribution in [1.82, 2.24) is 3.97 Å². The second-order valence-electron chi connectivity index (χ2n) is 6.51. The van der Waals surface area contributed by atoms with Crippen molar-refractivity contribution >= 4 is 20.9 Å². The first-order valence-electron chi connectivity index (χ1n) is 8.83. The van der Waals surface area contributed by atoms with Gasteiger partial charge in [0.2, 0.25) is 0 Å². The van der Waals surface area contributed by atoms with Crippen molar-refractivity contribution in [1.29, 1.82) is 0 Å². The third-order valence-corrected chi connectivity index (χ3v) is 6.38. The van der Waals surface area contributed by atoms with Crippen molar-refractivity contribution in [3.63, 3.8) is 0 Å². The molecule has 0 radical (unpaired) electrons. The van der Waals surface area contributed by atoms with Crippen LogP contribution in [0.15, 0.2) is 77.7 Å². The third kappa shape index (κ3) is 3.56. The molecule has 0 saturated heterocycles. The van der Waals surface area contributed by atoms with E-state index in [0.717, 1.165) is 0 Å². The number of rotatable bonds is 5. The molecule has 4 rings (SSSR count). The van der Waals surface area contributed by atoms with Crippen molar-refractivity contribution in [3.8, 4) is 17.2 Å². The van der Waals surface area contributed by atoms with Crippen LogP contribution in [0.4, 0.5) is 4.39 Å². The second-order valence-corrected chi connectivity index (χ2v) is 8.29. The van der Waals surface area contributed by atoms with Gasteiger partial charge in [-0.1, -0.05) is 0 Å². The van der Waals surface area contributed by atoms with E-state index in [4.69, 9.17) is 9.47 Å². The van der Waals surface area contributed by atoms with E-state index in [0.29, 0.717) is 33.8 Å². The van der Waals surface area contributed by atoms with Gasteiger partial charge in [-0.05, 0) is 79.7 Å². The fourth-order valence-electron chi connectivity index (χ4n) is 3.18. The van der Waals surface area contributed by atoms with Gasteiger partial charge in [0.1, 0.15) is 23.1 Å². The molecule has 5 nitrogen and oxygen atoms in total. The second kappa shape index (κ2) is 7.25. The highest BCUT2D eigenvalue weighted by molar-refractivity contribution is 7.90. The van der Waals surface area contributed by atoms with E-state index in [-0.39, 0.29) is 4.90 Å². The van der Waals surface area contributed by atoms with Crippen molar-refractivity contribution < 1.29 is 22.3 Å². The summed E-state index contributed by atoms with van der Waals surface area (Å²) in [6.07, 6.45) is 0. The van der Waals surface area contributed by atoms with E-state index in [1.165, 1.54) is 34.3 Å². The molecule has 0 amide bonds. The normalized spacial score (nSPS) is 11.6. The minimum absolute atomic E-state index is 0.115. The first-order valence-corrected chi connectivity index (χ1v) is 10.3. The van der Waals surface area contributed by atoms with Crippen LogP contribution in [0, 0.1) is 12.7 Å². The average Bonchev–Trinajstić information content (AvgIpc) is 3.04. The predicted octanol–water partition coefficient (Wildman–Crippen LogP) is 5.13. The summed E-state index contributed by atoms with van der Waals surface area (Å²) in [6, 6.07) is 18.9. The Morgan fingerprint density at radius 3 is 2.03 bits per heavy atom. The van der Waals surface area contributed by atoms with E-state index in [1.54, 1.807) is 56.5 Å². The van der Waals surface area contributed by atoms with Crippen molar-refractivity contribution in [3.05, 3.63) is 84.3 Å². The molecule has 0 atom stereocenters. The highest BCUT2D eigenvalue weighted by Crippen LogP contribution is 2.28. The molecule has 29 heavy (non-hydrogen) atoms. The summed E-state index contributed by atoms with van der Waals surface area (Å²) in [7, 11) is -2.26. The monoisotopic (exact) mass is 411 g/mol. The van der Waals surface area contributed by atoms with Gasteiger partial charge in [0.25, 0.3) is 10.0 Å². The van der Waals surface area contributed by atoms with Crippen molar-refractivity contribution in [2.45, 2.75) is 11.8 Å². The maximum atomic E-state index is 13.5. The van der Waals surface area contributed by atoms with Crippen molar-refractivity contribution in [2.75, 3.05) is 7.11 Å². The van der Waals surface area contributed by atoms with Gasteiger partial charge in [0.05, 0.1) is 17.5 Å². The molecule has 0 saturated carbocycles. The molecule has 0 aliphatic heterocycles. The molecule has 0 spiro atoms. The first kappa shape index (κ1) is 19.0. The zero-order chi connectivity index (χ0) is 20.6. The maximum Gasteiger partial charge on any atom is 0.268 e. The molecular formula is C22H18FNO4S. The van der Waals surface area contributed by atoms with E-state index in [2.05, 4.69) is 0 Å². The molecule has 1 heterocycles. The highest BCUT2D eigenvalue weighted by Gasteiger charge is 2.21. The van der Waals surface area contributed by atoms with Gasteiger partial charge < -0.3 is 9.47 Å². The van der Waals surface area contributed by atoms with Gasteiger partial charge in [0.15, 0.2) is 0 Å². The molecule has 148 valence electrons. The minimum Gasteiger partial charge on any atom is -0.497 e. The number of nitrogens with zero attached hydrogens (tertiary/aromatic N) is 1. The zero-order valence-corrected chi connectivity index (χ0v) is 16.6. The molecule has 0 aliphatic rings. The van der Waals surface area contributed by atoms with E-state index >= 15 is 0 Å². The summed E-state index contributed by atoms with van der Waals surface area (Å²) in [5, 5.41) is 0.533. The highest BCUT2D eigenvalue weighted by atomic mass is 32.2. The van der Waals surface area contributed by atoms with Crippen LogP contribution in [0.2, 0.25) is 0 Å². The molecule has 1 aromatic heterocycles. The summed E-state index contributed by atoms with van der Waals surface area (Å²) >= 11 is 0. The lowest BCUT2D eigenvalue weighted by Gasteiger charge is -2.11. The Morgan fingerprint density at radius 1 is 0.828 bits per heavy atom. The van der Waals surface area contributed by atoms with E-state index in [9.17, 15) is 12.8 Å². The summed E-state index contributed by atoms with van der Waals surface area (Å²) in [4.78, 5) is 0.115. The van der Waals surface area contributed by atoms with Gasteiger partial charge in [-0.25, -0.2) is 16.8 Å². The average molecular weight is 411 g/mol.